The number of urea groups is 1. The fourth-order valence-electron chi connectivity index (χ4n) is 1.62. The highest BCUT2D eigenvalue weighted by atomic mass is 16.2. The first-order valence-corrected chi connectivity index (χ1v) is 5.99. The summed E-state index contributed by atoms with van der Waals surface area (Å²) in [5.74, 6) is 0. The van der Waals surface area contributed by atoms with Crippen molar-refractivity contribution >= 4 is 6.03 Å². The van der Waals surface area contributed by atoms with Crippen LogP contribution in [0.3, 0.4) is 0 Å². The maximum atomic E-state index is 11.6. The van der Waals surface area contributed by atoms with Gasteiger partial charge in [0.2, 0.25) is 0 Å². The summed E-state index contributed by atoms with van der Waals surface area (Å²) < 4.78 is 0. The molecule has 1 aromatic carbocycles. The molecular formula is C14H22N2O. The lowest BCUT2D eigenvalue weighted by molar-refractivity contribution is 0.229. The van der Waals surface area contributed by atoms with Gasteiger partial charge in [-0.05, 0) is 39.7 Å². The van der Waals surface area contributed by atoms with Gasteiger partial charge in [-0.2, -0.15) is 0 Å². The summed E-state index contributed by atoms with van der Waals surface area (Å²) in [5, 5.41) is 5.82. The van der Waals surface area contributed by atoms with E-state index in [1.165, 1.54) is 5.56 Å². The van der Waals surface area contributed by atoms with E-state index in [0.29, 0.717) is 0 Å². The second kappa shape index (κ2) is 5.71. The van der Waals surface area contributed by atoms with Gasteiger partial charge in [0.05, 0.1) is 0 Å². The maximum absolute atomic E-state index is 11.6. The Morgan fingerprint density at radius 2 is 1.82 bits per heavy atom. The highest BCUT2D eigenvalue weighted by Crippen LogP contribution is 2.03. The molecular weight excluding hydrogens is 212 g/mol. The largest absolute Gasteiger partial charge is 0.335 e. The van der Waals surface area contributed by atoms with Crippen LogP contribution < -0.4 is 10.6 Å². The molecule has 1 rings (SSSR count). The Labute approximate surface area is 104 Å². The molecule has 0 saturated carbocycles. The van der Waals surface area contributed by atoms with Crippen molar-refractivity contribution in [3.63, 3.8) is 0 Å². The number of rotatable bonds is 3. The zero-order valence-corrected chi connectivity index (χ0v) is 11.1. The highest BCUT2D eigenvalue weighted by Gasteiger charge is 2.15. The van der Waals surface area contributed by atoms with Gasteiger partial charge in [0.15, 0.2) is 0 Å². The van der Waals surface area contributed by atoms with Crippen molar-refractivity contribution in [1.82, 2.24) is 10.6 Å². The Hall–Kier alpha value is -1.51. The van der Waals surface area contributed by atoms with Gasteiger partial charge in [-0.3, -0.25) is 0 Å². The van der Waals surface area contributed by atoms with Crippen molar-refractivity contribution < 1.29 is 4.79 Å². The van der Waals surface area contributed by atoms with Gasteiger partial charge in [-0.25, -0.2) is 4.79 Å². The number of hydrogen-bond donors (Lipinski definition) is 2. The minimum atomic E-state index is -0.198. The van der Waals surface area contributed by atoms with Gasteiger partial charge in [-0.1, -0.05) is 30.3 Å². The van der Waals surface area contributed by atoms with Crippen molar-refractivity contribution in [1.29, 1.82) is 0 Å². The van der Waals surface area contributed by atoms with Crippen LogP contribution in [0.15, 0.2) is 30.3 Å². The molecule has 0 bridgehead atoms. The van der Waals surface area contributed by atoms with E-state index >= 15 is 0 Å². The van der Waals surface area contributed by atoms with E-state index in [9.17, 15) is 4.79 Å². The third-order valence-electron chi connectivity index (χ3n) is 2.25. The summed E-state index contributed by atoms with van der Waals surface area (Å²) in [6, 6.07) is 10.2. The number of amides is 2. The van der Waals surface area contributed by atoms with E-state index in [1.54, 1.807) is 0 Å². The molecule has 0 aromatic heterocycles. The maximum Gasteiger partial charge on any atom is 0.315 e. The molecule has 17 heavy (non-hydrogen) atoms. The predicted molar refractivity (Wildman–Crippen MR) is 71.0 cm³/mol. The van der Waals surface area contributed by atoms with Crippen molar-refractivity contribution in [2.75, 3.05) is 0 Å². The Morgan fingerprint density at radius 3 is 2.35 bits per heavy atom. The van der Waals surface area contributed by atoms with Crippen LogP contribution in [-0.2, 0) is 6.42 Å². The van der Waals surface area contributed by atoms with E-state index in [4.69, 9.17) is 0 Å². The summed E-state index contributed by atoms with van der Waals surface area (Å²) in [5.41, 5.74) is 1.03. The number of benzene rings is 1. The van der Waals surface area contributed by atoms with Crippen LogP contribution >= 0.6 is 0 Å². The van der Waals surface area contributed by atoms with Gasteiger partial charge in [-0.15, -0.1) is 0 Å². The number of hydrogen-bond acceptors (Lipinski definition) is 1. The first-order valence-electron chi connectivity index (χ1n) is 5.99. The standard InChI is InChI=1S/C14H22N2O/c1-11(10-12-8-6-5-7-9-12)15-13(17)16-14(2,3)4/h5-9,11H,10H2,1-4H3,(H2,15,16,17). The van der Waals surface area contributed by atoms with Gasteiger partial charge in [0, 0.05) is 11.6 Å². The smallest absolute Gasteiger partial charge is 0.315 e. The molecule has 1 aromatic rings. The second-order valence-electron chi connectivity index (χ2n) is 5.44. The average molecular weight is 234 g/mol. The van der Waals surface area contributed by atoms with Crippen molar-refractivity contribution in [3.05, 3.63) is 35.9 Å². The normalized spacial score (nSPS) is 12.9. The third-order valence-corrected chi connectivity index (χ3v) is 2.25. The summed E-state index contributed by atoms with van der Waals surface area (Å²) in [6.45, 7) is 7.91. The molecule has 0 saturated heterocycles. The molecule has 0 aliphatic rings. The van der Waals surface area contributed by atoms with Crippen LogP contribution in [0.5, 0.6) is 0 Å². The molecule has 3 nitrogen and oxygen atoms in total. The molecule has 0 fully saturated rings. The third kappa shape index (κ3) is 5.95. The minimum Gasteiger partial charge on any atom is -0.335 e. The fourth-order valence-corrected chi connectivity index (χ4v) is 1.62. The Bertz CT molecular complexity index is 354. The van der Waals surface area contributed by atoms with Gasteiger partial charge in [0.25, 0.3) is 0 Å². The van der Waals surface area contributed by atoms with Crippen LogP contribution in [0.4, 0.5) is 4.79 Å². The second-order valence-corrected chi connectivity index (χ2v) is 5.44. The predicted octanol–water partition coefficient (Wildman–Crippen LogP) is 2.72. The van der Waals surface area contributed by atoms with Gasteiger partial charge >= 0.3 is 6.03 Å². The molecule has 0 aliphatic heterocycles. The molecule has 2 amide bonds. The first-order chi connectivity index (χ1) is 7.87. The van der Waals surface area contributed by atoms with Gasteiger partial charge < -0.3 is 10.6 Å². The van der Waals surface area contributed by atoms with Crippen LogP contribution in [0.25, 0.3) is 0 Å². The Kier molecular flexibility index (Phi) is 4.55. The Balaban J connectivity index is 2.40. The highest BCUT2D eigenvalue weighted by molar-refractivity contribution is 5.74. The zero-order chi connectivity index (χ0) is 12.9. The minimum absolute atomic E-state index is 0.110. The van der Waals surface area contributed by atoms with E-state index in [0.717, 1.165) is 6.42 Å². The fraction of sp³-hybridized carbons (Fsp3) is 0.500. The molecule has 3 heteroatoms. The number of nitrogens with one attached hydrogen (secondary N) is 2. The first kappa shape index (κ1) is 13.6. The summed E-state index contributed by atoms with van der Waals surface area (Å²) in [4.78, 5) is 11.6. The summed E-state index contributed by atoms with van der Waals surface area (Å²) >= 11 is 0. The molecule has 0 spiro atoms. The van der Waals surface area contributed by atoms with Crippen LogP contribution in [0.1, 0.15) is 33.3 Å². The van der Waals surface area contributed by atoms with E-state index in [-0.39, 0.29) is 17.6 Å². The van der Waals surface area contributed by atoms with Crippen LogP contribution in [0.2, 0.25) is 0 Å². The molecule has 0 heterocycles. The van der Waals surface area contributed by atoms with Crippen molar-refractivity contribution in [2.24, 2.45) is 0 Å². The van der Waals surface area contributed by atoms with E-state index in [2.05, 4.69) is 22.8 Å². The zero-order valence-electron chi connectivity index (χ0n) is 11.1. The molecule has 0 aliphatic carbocycles. The molecule has 1 unspecified atom stereocenters. The van der Waals surface area contributed by atoms with E-state index in [1.807, 2.05) is 45.9 Å². The van der Waals surface area contributed by atoms with Crippen LogP contribution in [-0.4, -0.2) is 17.6 Å². The Morgan fingerprint density at radius 1 is 1.24 bits per heavy atom. The monoisotopic (exact) mass is 234 g/mol. The van der Waals surface area contributed by atoms with E-state index < -0.39 is 0 Å². The number of carbonyl (C=O) groups is 1. The topological polar surface area (TPSA) is 41.1 Å². The summed E-state index contributed by atoms with van der Waals surface area (Å²) in [6.07, 6.45) is 0.846. The molecule has 94 valence electrons. The average Bonchev–Trinajstić information content (AvgIpc) is 2.15. The SMILES string of the molecule is CC(Cc1ccccc1)NC(=O)NC(C)(C)C. The van der Waals surface area contributed by atoms with Crippen LogP contribution in [0, 0.1) is 0 Å². The molecule has 2 N–H and O–H groups in total. The molecule has 1 atom stereocenters. The lowest BCUT2D eigenvalue weighted by Crippen LogP contribution is -2.49. The lowest BCUT2D eigenvalue weighted by atomic mass is 10.1. The van der Waals surface area contributed by atoms with Gasteiger partial charge in [0.1, 0.15) is 0 Å². The number of carbonyl (C=O) groups excluding carboxylic acids is 1. The lowest BCUT2D eigenvalue weighted by Gasteiger charge is -2.23. The molecule has 0 radical (unpaired) electrons. The quantitative estimate of drug-likeness (QED) is 0.829. The summed E-state index contributed by atoms with van der Waals surface area (Å²) in [7, 11) is 0. The van der Waals surface area contributed by atoms with Crippen molar-refractivity contribution in [3.8, 4) is 0 Å². The van der Waals surface area contributed by atoms with Crippen molar-refractivity contribution in [2.45, 2.75) is 45.7 Å².